The van der Waals surface area contributed by atoms with Crippen LogP contribution in [0.15, 0.2) is 18.2 Å². The van der Waals surface area contributed by atoms with Gasteiger partial charge >= 0.3 is 0 Å². The van der Waals surface area contributed by atoms with E-state index in [2.05, 4.69) is 9.80 Å². The van der Waals surface area contributed by atoms with Crippen LogP contribution in [0.4, 0.5) is 0 Å². The Hall–Kier alpha value is -0.610. The second-order valence-electron chi connectivity index (χ2n) is 4.75. The van der Waals surface area contributed by atoms with Crippen LogP contribution in [0, 0.1) is 0 Å². The van der Waals surface area contributed by atoms with Crippen molar-refractivity contribution in [1.82, 2.24) is 9.80 Å². The van der Waals surface area contributed by atoms with Gasteiger partial charge in [-0.2, -0.15) is 0 Å². The minimum Gasteiger partial charge on any atom is -0.303 e. The lowest BCUT2D eigenvalue weighted by Gasteiger charge is -2.36. The summed E-state index contributed by atoms with van der Waals surface area (Å²) in [6.45, 7) is 2.63. The fraction of sp³-hybridized carbons (Fsp3) is 0.462. The highest BCUT2D eigenvalue weighted by atomic mass is 35.5. The van der Waals surface area contributed by atoms with Crippen LogP contribution in [0.1, 0.15) is 10.4 Å². The first-order valence-electron chi connectivity index (χ1n) is 5.87. The van der Waals surface area contributed by atoms with Crippen molar-refractivity contribution in [3.8, 4) is 0 Å². The number of halogens is 2. The van der Waals surface area contributed by atoms with Crippen LogP contribution in [0.5, 0.6) is 0 Å². The monoisotopic (exact) mass is 286 g/mol. The molecule has 1 unspecified atom stereocenters. The Kier molecular flexibility index (Phi) is 4.28. The summed E-state index contributed by atoms with van der Waals surface area (Å²) >= 11 is 11.8. The maximum Gasteiger partial charge on any atom is 0.181 e. The lowest BCUT2D eigenvalue weighted by Crippen LogP contribution is -2.53. The Morgan fingerprint density at radius 2 is 1.94 bits per heavy atom. The highest BCUT2D eigenvalue weighted by Crippen LogP contribution is 2.24. The maximum absolute atomic E-state index is 12.4. The Bertz CT molecular complexity index is 464. The molecule has 0 bridgehead atoms. The van der Waals surface area contributed by atoms with Gasteiger partial charge in [-0.05, 0) is 32.3 Å². The van der Waals surface area contributed by atoms with Gasteiger partial charge in [0.1, 0.15) is 0 Å². The lowest BCUT2D eigenvalue weighted by molar-refractivity contribution is 0.0686. The van der Waals surface area contributed by atoms with E-state index in [1.807, 2.05) is 14.1 Å². The number of rotatable bonds is 2. The van der Waals surface area contributed by atoms with Crippen molar-refractivity contribution in [3.05, 3.63) is 33.8 Å². The summed E-state index contributed by atoms with van der Waals surface area (Å²) in [5.74, 6) is 0.0996. The summed E-state index contributed by atoms with van der Waals surface area (Å²) in [5, 5.41) is 0.900. The highest BCUT2D eigenvalue weighted by Gasteiger charge is 2.29. The van der Waals surface area contributed by atoms with Gasteiger partial charge in [-0.3, -0.25) is 9.69 Å². The third-order valence-corrected chi connectivity index (χ3v) is 4.10. The number of carbonyl (C=O) groups excluding carboxylic acids is 1. The van der Waals surface area contributed by atoms with Crippen molar-refractivity contribution in [2.45, 2.75) is 6.04 Å². The van der Waals surface area contributed by atoms with E-state index in [0.717, 1.165) is 19.6 Å². The van der Waals surface area contributed by atoms with Gasteiger partial charge < -0.3 is 4.90 Å². The molecular weight excluding hydrogens is 271 g/mol. The SMILES string of the molecule is CN1CCN(C)C(C(=O)c2ccc(Cl)c(Cl)c2)C1. The molecule has 1 fully saturated rings. The molecule has 1 aliphatic rings. The van der Waals surface area contributed by atoms with Crippen LogP contribution in [0.3, 0.4) is 0 Å². The summed E-state index contributed by atoms with van der Waals surface area (Å²) in [6.07, 6.45) is 0. The topological polar surface area (TPSA) is 23.6 Å². The van der Waals surface area contributed by atoms with Crippen LogP contribution >= 0.6 is 23.2 Å². The molecule has 0 saturated carbocycles. The third-order valence-electron chi connectivity index (χ3n) is 3.36. The minimum absolute atomic E-state index is 0.0996. The molecule has 0 N–H and O–H groups in total. The summed E-state index contributed by atoms with van der Waals surface area (Å²) in [6, 6.07) is 4.94. The first kappa shape index (κ1) is 13.8. The first-order valence-corrected chi connectivity index (χ1v) is 6.62. The van der Waals surface area contributed by atoms with Crippen molar-refractivity contribution < 1.29 is 4.79 Å². The second-order valence-corrected chi connectivity index (χ2v) is 5.57. The zero-order chi connectivity index (χ0) is 13.3. The van der Waals surface area contributed by atoms with Crippen LogP contribution in [-0.4, -0.2) is 55.4 Å². The van der Waals surface area contributed by atoms with E-state index in [-0.39, 0.29) is 11.8 Å². The summed E-state index contributed by atoms with van der Waals surface area (Å²) < 4.78 is 0. The van der Waals surface area contributed by atoms with Crippen molar-refractivity contribution in [2.75, 3.05) is 33.7 Å². The molecule has 1 aliphatic heterocycles. The molecule has 2 rings (SSSR count). The van der Waals surface area contributed by atoms with Gasteiger partial charge in [0.15, 0.2) is 5.78 Å². The van der Waals surface area contributed by atoms with Gasteiger partial charge in [-0.1, -0.05) is 23.2 Å². The average molecular weight is 287 g/mol. The quantitative estimate of drug-likeness (QED) is 0.780. The highest BCUT2D eigenvalue weighted by molar-refractivity contribution is 6.42. The van der Waals surface area contributed by atoms with E-state index < -0.39 is 0 Å². The number of hydrogen-bond donors (Lipinski definition) is 0. The zero-order valence-electron chi connectivity index (χ0n) is 10.5. The normalized spacial score (nSPS) is 22.1. The molecule has 0 aromatic heterocycles. The number of nitrogens with zero attached hydrogens (tertiary/aromatic N) is 2. The molecule has 1 heterocycles. The Morgan fingerprint density at radius 1 is 1.22 bits per heavy atom. The molecule has 0 spiro atoms. The number of benzene rings is 1. The molecule has 1 aromatic carbocycles. The van der Waals surface area contributed by atoms with Crippen LogP contribution < -0.4 is 0 Å². The van der Waals surface area contributed by atoms with Crippen LogP contribution in [0.2, 0.25) is 10.0 Å². The van der Waals surface area contributed by atoms with Gasteiger partial charge in [-0.25, -0.2) is 0 Å². The lowest BCUT2D eigenvalue weighted by atomic mass is 10.0. The summed E-state index contributed by atoms with van der Waals surface area (Å²) in [5.41, 5.74) is 0.622. The molecule has 98 valence electrons. The molecule has 1 saturated heterocycles. The molecule has 5 heteroatoms. The third kappa shape index (κ3) is 2.86. The Balaban J connectivity index is 2.21. The van der Waals surface area contributed by atoms with Gasteiger partial charge in [0.05, 0.1) is 16.1 Å². The summed E-state index contributed by atoms with van der Waals surface area (Å²) in [4.78, 5) is 16.7. The fourth-order valence-corrected chi connectivity index (χ4v) is 2.43. The van der Waals surface area contributed by atoms with E-state index in [0.29, 0.717) is 15.6 Å². The van der Waals surface area contributed by atoms with E-state index in [1.54, 1.807) is 18.2 Å². The molecule has 18 heavy (non-hydrogen) atoms. The number of piperazine rings is 1. The van der Waals surface area contributed by atoms with Crippen molar-refractivity contribution in [3.63, 3.8) is 0 Å². The standard InChI is InChI=1S/C13H16Cl2N2O/c1-16-5-6-17(2)12(8-16)13(18)9-3-4-10(14)11(15)7-9/h3-4,7,12H,5-6,8H2,1-2H3. The van der Waals surface area contributed by atoms with Gasteiger partial charge in [0.25, 0.3) is 0 Å². The molecule has 1 aromatic rings. The smallest absolute Gasteiger partial charge is 0.181 e. The first-order chi connectivity index (χ1) is 8.49. The van der Waals surface area contributed by atoms with E-state index in [4.69, 9.17) is 23.2 Å². The van der Waals surface area contributed by atoms with Crippen molar-refractivity contribution in [1.29, 1.82) is 0 Å². The van der Waals surface area contributed by atoms with Crippen molar-refractivity contribution in [2.24, 2.45) is 0 Å². The van der Waals surface area contributed by atoms with Crippen LogP contribution in [-0.2, 0) is 0 Å². The minimum atomic E-state index is -0.110. The van der Waals surface area contributed by atoms with Gasteiger partial charge in [0.2, 0.25) is 0 Å². The Morgan fingerprint density at radius 3 is 2.61 bits per heavy atom. The number of Topliss-reactive ketones (excluding diaryl/α,β-unsaturated/α-hetero) is 1. The molecule has 1 atom stereocenters. The van der Waals surface area contributed by atoms with Crippen LogP contribution in [0.25, 0.3) is 0 Å². The molecular formula is C13H16Cl2N2O. The number of likely N-dealkylation sites (N-methyl/N-ethyl adjacent to an activating group) is 2. The Labute approximate surface area is 117 Å². The van der Waals surface area contributed by atoms with E-state index in [1.165, 1.54) is 0 Å². The van der Waals surface area contributed by atoms with E-state index >= 15 is 0 Å². The van der Waals surface area contributed by atoms with Gasteiger partial charge in [0, 0.05) is 25.2 Å². The molecule has 0 radical (unpaired) electrons. The zero-order valence-corrected chi connectivity index (χ0v) is 12.0. The predicted octanol–water partition coefficient (Wildman–Crippen LogP) is 2.42. The second kappa shape index (κ2) is 5.57. The van der Waals surface area contributed by atoms with Crippen molar-refractivity contribution >= 4 is 29.0 Å². The fourth-order valence-electron chi connectivity index (χ4n) is 2.14. The molecule has 3 nitrogen and oxygen atoms in total. The maximum atomic E-state index is 12.4. The predicted molar refractivity (Wildman–Crippen MR) is 74.7 cm³/mol. The number of hydrogen-bond acceptors (Lipinski definition) is 3. The molecule has 0 aliphatic carbocycles. The average Bonchev–Trinajstić information content (AvgIpc) is 2.35. The largest absolute Gasteiger partial charge is 0.303 e. The number of carbonyl (C=O) groups is 1. The summed E-state index contributed by atoms with van der Waals surface area (Å²) in [7, 11) is 4.01. The number of ketones is 1. The van der Waals surface area contributed by atoms with E-state index in [9.17, 15) is 4.79 Å². The molecule has 0 amide bonds. The van der Waals surface area contributed by atoms with Gasteiger partial charge in [-0.15, -0.1) is 0 Å².